The second kappa shape index (κ2) is 5.70. The van der Waals surface area contributed by atoms with E-state index in [0.29, 0.717) is 11.3 Å². The average molecular weight is 283 g/mol. The molecule has 16 heavy (non-hydrogen) atoms. The molecule has 0 fully saturated rings. The van der Waals surface area contributed by atoms with Crippen LogP contribution in [0.5, 0.6) is 0 Å². The van der Waals surface area contributed by atoms with E-state index >= 15 is 0 Å². The van der Waals surface area contributed by atoms with Crippen LogP contribution in [0.4, 0.5) is 5.69 Å². The van der Waals surface area contributed by atoms with Gasteiger partial charge in [-0.2, -0.15) is 0 Å². The molecule has 1 atom stereocenters. The summed E-state index contributed by atoms with van der Waals surface area (Å²) in [6.07, 6.45) is 2.53. The van der Waals surface area contributed by atoms with Crippen molar-refractivity contribution in [1.29, 1.82) is 0 Å². The number of carbonyl (C=O) groups is 1. The van der Waals surface area contributed by atoms with Crippen LogP contribution < -0.4 is 11.1 Å². The van der Waals surface area contributed by atoms with E-state index in [1.807, 2.05) is 6.92 Å². The first-order valence-corrected chi connectivity index (χ1v) is 5.80. The normalized spacial score (nSPS) is 11.9. The van der Waals surface area contributed by atoms with E-state index in [-0.39, 0.29) is 11.9 Å². The fourth-order valence-electron chi connectivity index (χ4n) is 1.30. The maximum Gasteiger partial charge on any atom is 0.251 e. The molecule has 1 unspecified atom stereocenters. The van der Waals surface area contributed by atoms with Gasteiger partial charge in [0.05, 0.1) is 0 Å². The van der Waals surface area contributed by atoms with Crippen LogP contribution in [0.3, 0.4) is 0 Å². The molecular weight excluding hydrogens is 268 g/mol. The highest BCUT2D eigenvalue weighted by atomic mass is 79.9. The summed E-state index contributed by atoms with van der Waals surface area (Å²) in [5, 5.41) is 2.86. The lowest BCUT2D eigenvalue weighted by molar-refractivity contribution is 0.0940. The predicted molar refractivity (Wildman–Crippen MR) is 70.3 cm³/mol. The molecule has 0 saturated heterocycles. The summed E-state index contributed by atoms with van der Waals surface area (Å²) in [6, 6.07) is 5.23. The molecule has 0 aliphatic rings. The average Bonchev–Trinajstić information content (AvgIpc) is 2.22. The fraction of sp³-hybridized carbons (Fsp3) is 0.250. The molecule has 0 bridgehead atoms. The minimum Gasteiger partial charge on any atom is -0.398 e. The number of rotatable bonds is 4. The first-order chi connectivity index (χ1) is 7.54. The Morgan fingerprint density at radius 3 is 2.94 bits per heavy atom. The standard InChI is InChI=1S/C12H15BrN2O/c1-3-4-8(2)15-12(16)9-5-6-10(13)11(14)7-9/h3,5-8H,1,4,14H2,2H3,(H,15,16). The second-order valence-corrected chi connectivity index (χ2v) is 4.49. The number of hydrogen-bond acceptors (Lipinski definition) is 2. The third-order valence-corrected chi connectivity index (χ3v) is 2.88. The van der Waals surface area contributed by atoms with Crippen molar-refractivity contribution in [2.24, 2.45) is 0 Å². The minimum absolute atomic E-state index is 0.0786. The third-order valence-electron chi connectivity index (χ3n) is 2.16. The van der Waals surface area contributed by atoms with Gasteiger partial charge in [0.25, 0.3) is 5.91 Å². The van der Waals surface area contributed by atoms with E-state index in [2.05, 4.69) is 27.8 Å². The molecule has 1 amide bonds. The Bertz CT molecular complexity index is 404. The number of nitrogens with one attached hydrogen (secondary N) is 1. The van der Waals surface area contributed by atoms with Gasteiger partial charge in [0, 0.05) is 21.8 Å². The van der Waals surface area contributed by atoms with Crippen LogP contribution in [0, 0.1) is 0 Å². The van der Waals surface area contributed by atoms with Crippen molar-refractivity contribution in [3.63, 3.8) is 0 Å². The molecule has 0 radical (unpaired) electrons. The highest BCUT2D eigenvalue weighted by Gasteiger charge is 2.09. The lowest BCUT2D eigenvalue weighted by atomic mass is 10.1. The number of hydrogen-bond donors (Lipinski definition) is 2. The van der Waals surface area contributed by atoms with Crippen LogP contribution in [-0.4, -0.2) is 11.9 Å². The Morgan fingerprint density at radius 1 is 1.69 bits per heavy atom. The van der Waals surface area contributed by atoms with Gasteiger partial charge in [0.15, 0.2) is 0 Å². The second-order valence-electron chi connectivity index (χ2n) is 3.64. The Morgan fingerprint density at radius 2 is 2.38 bits per heavy atom. The van der Waals surface area contributed by atoms with E-state index in [4.69, 9.17) is 5.73 Å². The van der Waals surface area contributed by atoms with Gasteiger partial charge in [0.1, 0.15) is 0 Å². The molecule has 1 rings (SSSR count). The van der Waals surface area contributed by atoms with E-state index in [1.165, 1.54) is 0 Å². The Hall–Kier alpha value is -1.29. The van der Waals surface area contributed by atoms with Crippen molar-refractivity contribution in [2.45, 2.75) is 19.4 Å². The van der Waals surface area contributed by atoms with Gasteiger partial charge >= 0.3 is 0 Å². The Balaban J connectivity index is 2.73. The predicted octanol–water partition coefficient (Wildman–Crippen LogP) is 2.73. The number of halogens is 1. The van der Waals surface area contributed by atoms with Crippen LogP contribution in [-0.2, 0) is 0 Å². The summed E-state index contributed by atoms with van der Waals surface area (Å²) < 4.78 is 0.795. The van der Waals surface area contributed by atoms with E-state index < -0.39 is 0 Å². The van der Waals surface area contributed by atoms with Crippen LogP contribution in [0.1, 0.15) is 23.7 Å². The molecule has 86 valence electrons. The van der Waals surface area contributed by atoms with Crippen LogP contribution in [0.2, 0.25) is 0 Å². The first kappa shape index (κ1) is 12.8. The number of carbonyl (C=O) groups excluding carboxylic acids is 1. The maximum absolute atomic E-state index is 11.8. The van der Waals surface area contributed by atoms with Crippen LogP contribution in [0.25, 0.3) is 0 Å². The zero-order valence-electron chi connectivity index (χ0n) is 9.16. The molecule has 0 spiro atoms. The van der Waals surface area contributed by atoms with Gasteiger partial charge in [-0.25, -0.2) is 0 Å². The molecule has 1 aromatic rings. The van der Waals surface area contributed by atoms with Gasteiger partial charge in [0.2, 0.25) is 0 Å². The summed E-state index contributed by atoms with van der Waals surface area (Å²) in [4.78, 5) is 11.8. The topological polar surface area (TPSA) is 55.1 Å². The van der Waals surface area contributed by atoms with Gasteiger partial charge in [-0.15, -0.1) is 6.58 Å². The van der Waals surface area contributed by atoms with Crippen molar-refractivity contribution in [1.82, 2.24) is 5.32 Å². The molecule has 0 aliphatic heterocycles. The minimum atomic E-state index is -0.117. The van der Waals surface area contributed by atoms with E-state index in [0.717, 1.165) is 10.9 Å². The highest BCUT2D eigenvalue weighted by molar-refractivity contribution is 9.10. The number of benzene rings is 1. The highest BCUT2D eigenvalue weighted by Crippen LogP contribution is 2.20. The summed E-state index contributed by atoms with van der Waals surface area (Å²) in [6.45, 7) is 5.56. The van der Waals surface area contributed by atoms with E-state index in [1.54, 1.807) is 24.3 Å². The van der Waals surface area contributed by atoms with Crippen molar-refractivity contribution < 1.29 is 4.79 Å². The molecule has 4 heteroatoms. The zero-order valence-corrected chi connectivity index (χ0v) is 10.8. The monoisotopic (exact) mass is 282 g/mol. The Kier molecular flexibility index (Phi) is 4.55. The summed E-state index contributed by atoms with van der Waals surface area (Å²) >= 11 is 3.28. The summed E-state index contributed by atoms with van der Waals surface area (Å²) in [7, 11) is 0. The molecule has 0 saturated carbocycles. The van der Waals surface area contributed by atoms with Crippen molar-refractivity contribution >= 4 is 27.5 Å². The molecule has 3 N–H and O–H groups in total. The molecule has 0 aliphatic carbocycles. The van der Waals surface area contributed by atoms with Crippen molar-refractivity contribution in [2.75, 3.05) is 5.73 Å². The van der Waals surface area contributed by atoms with Crippen molar-refractivity contribution in [3.8, 4) is 0 Å². The SMILES string of the molecule is C=CCC(C)NC(=O)c1ccc(Br)c(N)c1. The molecule has 0 aromatic heterocycles. The smallest absolute Gasteiger partial charge is 0.251 e. The lowest BCUT2D eigenvalue weighted by Gasteiger charge is -2.12. The molecule has 1 aromatic carbocycles. The van der Waals surface area contributed by atoms with E-state index in [9.17, 15) is 4.79 Å². The van der Waals surface area contributed by atoms with Crippen LogP contribution in [0.15, 0.2) is 35.3 Å². The van der Waals surface area contributed by atoms with Gasteiger partial charge in [-0.05, 0) is 47.5 Å². The van der Waals surface area contributed by atoms with Gasteiger partial charge in [-0.1, -0.05) is 6.08 Å². The van der Waals surface area contributed by atoms with Gasteiger partial charge in [-0.3, -0.25) is 4.79 Å². The Labute approximate surface area is 104 Å². The van der Waals surface area contributed by atoms with Crippen LogP contribution >= 0.6 is 15.9 Å². The van der Waals surface area contributed by atoms with Crippen molar-refractivity contribution in [3.05, 3.63) is 40.9 Å². The molecular formula is C12H15BrN2O. The quantitative estimate of drug-likeness (QED) is 0.659. The molecule has 0 heterocycles. The zero-order chi connectivity index (χ0) is 12.1. The largest absolute Gasteiger partial charge is 0.398 e. The first-order valence-electron chi connectivity index (χ1n) is 5.01. The number of nitrogens with two attached hydrogens (primary N) is 1. The lowest BCUT2D eigenvalue weighted by Crippen LogP contribution is -2.32. The summed E-state index contributed by atoms with van der Waals surface area (Å²) in [5.41, 5.74) is 6.83. The number of anilines is 1. The summed E-state index contributed by atoms with van der Waals surface area (Å²) in [5.74, 6) is -0.117. The maximum atomic E-state index is 11.8. The fourth-order valence-corrected chi connectivity index (χ4v) is 1.55. The third kappa shape index (κ3) is 3.38. The number of nitrogen functional groups attached to an aromatic ring is 1. The molecule has 3 nitrogen and oxygen atoms in total. The number of amides is 1. The van der Waals surface area contributed by atoms with Gasteiger partial charge < -0.3 is 11.1 Å².